The van der Waals surface area contributed by atoms with Crippen molar-refractivity contribution in [1.82, 2.24) is 10.6 Å². The topological polar surface area (TPSA) is 41.1 Å². The van der Waals surface area contributed by atoms with E-state index in [0.717, 1.165) is 31.3 Å². The maximum atomic E-state index is 11.0. The molecule has 2 unspecified atom stereocenters. The minimum Gasteiger partial charge on any atom is -0.359 e. The van der Waals surface area contributed by atoms with Gasteiger partial charge in [0.15, 0.2) is 0 Å². The molecule has 1 aliphatic carbocycles. The maximum absolute atomic E-state index is 11.0. The van der Waals surface area contributed by atoms with Crippen LogP contribution in [0, 0.1) is 11.8 Å². The standard InChI is InChI=1S/C14H28N2O/c1-12-5-3-6-13(11-12)8-10-16-9-4-7-14(17)15-2/h12-13,16H,3-11H2,1-2H3,(H,15,17). The average molecular weight is 240 g/mol. The molecule has 2 atom stereocenters. The maximum Gasteiger partial charge on any atom is 0.219 e. The summed E-state index contributed by atoms with van der Waals surface area (Å²) in [6, 6.07) is 0. The molecule has 100 valence electrons. The summed E-state index contributed by atoms with van der Waals surface area (Å²) < 4.78 is 0. The van der Waals surface area contributed by atoms with E-state index < -0.39 is 0 Å². The second-order valence-electron chi connectivity index (χ2n) is 5.45. The second kappa shape index (κ2) is 8.51. The fourth-order valence-electron chi connectivity index (χ4n) is 2.75. The molecule has 1 fully saturated rings. The minimum absolute atomic E-state index is 0.146. The number of hydrogen-bond acceptors (Lipinski definition) is 2. The lowest BCUT2D eigenvalue weighted by Gasteiger charge is -2.26. The first kappa shape index (κ1) is 14.5. The number of rotatable bonds is 7. The summed E-state index contributed by atoms with van der Waals surface area (Å²) in [4.78, 5) is 11.0. The molecule has 0 bridgehead atoms. The Morgan fingerprint density at radius 1 is 1.29 bits per heavy atom. The Labute approximate surface area is 106 Å². The van der Waals surface area contributed by atoms with Crippen molar-refractivity contribution >= 4 is 5.91 Å². The highest BCUT2D eigenvalue weighted by Gasteiger charge is 2.17. The van der Waals surface area contributed by atoms with E-state index in [4.69, 9.17) is 0 Å². The van der Waals surface area contributed by atoms with Gasteiger partial charge < -0.3 is 10.6 Å². The third-order valence-electron chi connectivity index (χ3n) is 3.81. The molecule has 2 N–H and O–H groups in total. The van der Waals surface area contributed by atoms with Gasteiger partial charge in [-0.05, 0) is 44.2 Å². The van der Waals surface area contributed by atoms with E-state index in [1.54, 1.807) is 7.05 Å². The highest BCUT2D eigenvalue weighted by molar-refractivity contribution is 5.75. The molecule has 3 heteroatoms. The summed E-state index contributed by atoms with van der Waals surface area (Å²) in [5.41, 5.74) is 0. The van der Waals surface area contributed by atoms with Crippen LogP contribution in [0.4, 0.5) is 0 Å². The van der Waals surface area contributed by atoms with Gasteiger partial charge >= 0.3 is 0 Å². The van der Waals surface area contributed by atoms with Crippen molar-refractivity contribution in [1.29, 1.82) is 0 Å². The van der Waals surface area contributed by atoms with Crippen LogP contribution in [0.1, 0.15) is 51.9 Å². The Bertz CT molecular complexity index is 218. The molecule has 0 heterocycles. The van der Waals surface area contributed by atoms with E-state index in [9.17, 15) is 4.79 Å². The van der Waals surface area contributed by atoms with Gasteiger partial charge in [0.2, 0.25) is 5.91 Å². The molecule has 0 aromatic carbocycles. The molecule has 0 saturated heterocycles. The quantitative estimate of drug-likeness (QED) is 0.671. The van der Waals surface area contributed by atoms with Gasteiger partial charge in [0.1, 0.15) is 0 Å². The van der Waals surface area contributed by atoms with Gasteiger partial charge in [0, 0.05) is 13.5 Å². The van der Waals surface area contributed by atoms with Gasteiger partial charge in [0.25, 0.3) is 0 Å². The Morgan fingerprint density at radius 2 is 2.12 bits per heavy atom. The summed E-state index contributed by atoms with van der Waals surface area (Å²) in [5, 5.41) is 6.09. The summed E-state index contributed by atoms with van der Waals surface area (Å²) in [7, 11) is 1.69. The van der Waals surface area contributed by atoms with Crippen LogP contribution in [0.3, 0.4) is 0 Å². The summed E-state index contributed by atoms with van der Waals surface area (Å²) >= 11 is 0. The zero-order valence-electron chi connectivity index (χ0n) is 11.4. The first-order valence-electron chi connectivity index (χ1n) is 7.13. The lowest BCUT2D eigenvalue weighted by atomic mass is 9.81. The number of amides is 1. The summed E-state index contributed by atoms with van der Waals surface area (Å²) in [5.74, 6) is 2.01. The minimum atomic E-state index is 0.146. The number of carbonyl (C=O) groups excluding carboxylic acids is 1. The number of carbonyl (C=O) groups is 1. The van der Waals surface area contributed by atoms with Gasteiger partial charge in [0.05, 0.1) is 0 Å². The van der Waals surface area contributed by atoms with Gasteiger partial charge in [-0.25, -0.2) is 0 Å². The summed E-state index contributed by atoms with van der Waals surface area (Å²) in [6.45, 7) is 4.46. The Morgan fingerprint density at radius 3 is 2.82 bits per heavy atom. The molecular formula is C14H28N2O. The van der Waals surface area contributed by atoms with E-state index in [1.165, 1.54) is 32.1 Å². The third kappa shape index (κ3) is 6.67. The first-order chi connectivity index (χ1) is 8.22. The van der Waals surface area contributed by atoms with Crippen molar-refractivity contribution in [2.75, 3.05) is 20.1 Å². The molecule has 0 aromatic heterocycles. The van der Waals surface area contributed by atoms with Crippen LogP contribution in [0.15, 0.2) is 0 Å². The van der Waals surface area contributed by atoms with Crippen LogP contribution in [0.25, 0.3) is 0 Å². The van der Waals surface area contributed by atoms with Gasteiger partial charge in [-0.1, -0.05) is 26.2 Å². The highest BCUT2D eigenvalue weighted by atomic mass is 16.1. The van der Waals surface area contributed by atoms with Crippen LogP contribution >= 0.6 is 0 Å². The first-order valence-corrected chi connectivity index (χ1v) is 7.13. The zero-order chi connectivity index (χ0) is 12.5. The van der Waals surface area contributed by atoms with E-state index in [1.807, 2.05) is 0 Å². The molecular weight excluding hydrogens is 212 g/mol. The van der Waals surface area contributed by atoms with Crippen LogP contribution in [-0.4, -0.2) is 26.0 Å². The molecule has 1 amide bonds. The van der Waals surface area contributed by atoms with E-state index in [0.29, 0.717) is 6.42 Å². The van der Waals surface area contributed by atoms with E-state index >= 15 is 0 Å². The molecule has 1 aliphatic rings. The SMILES string of the molecule is CNC(=O)CCCNCCC1CCCC(C)C1. The van der Waals surface area contributed by atoms with E-state index in [-0.39, 0.29) is 5.91 Å². The normalized spacial score (nSPS) is 24.6. The molecule has 17 heavy (non-hydrogen) atoms. The van der Waals surface area contributed by atoms with Crippen molar-refractivity contribution in [3.63, 3.8) is 0 Å². The third-order valence-corrected chi connectivity index (χ3v) is 3.81. The smallest absolute Gasteiger partial charge is 0.219 e. The highest BCUT2D eigenvalue weighted by Crippen LogP contribution is 2.30. The second-order valence-corrected chi connectivity index (χ2v) is 5.45. The number of hydrogen-bond donors (Lipinski definition) is 2. The van der Waals surface area contributed by atoms with Crippen LogP contribution < -0.4 is 10.6 Å². The Kier molecular flexibility index (Phi) is 7.25. The largest absolute Gasteiger partial charge is 0.359 e. The fourth-order valence-corrected chi connectivity index (χ4v) is 2.75. The van der Waals surface area contributed by atoms with Crippen molar-refractivity contribution in [3.05, 3.63) is 0 Å². The van der Waals surface area contributed by atoms with Crippen molar-refractivity contribution in [2.45, 2.75) is 51.9 Å². The van der Waals surface area contributed by atoms with Crippen LogP contribution in [-0.2, 0) is 4.79 Å². The van der Waals surface area contributed by atoms with Gasteiger partial charge in [-0.3, -0.25) is 4.79 Å². The molecule has 0 spiro atoms. The molecule has 0 aliphatic heterocycles. The van der Waals surface area contributed by atoms with Gasteiger partial charge in [-0.2, -0.15) is 0 Å². The fraction of sp³-hybridized carbons (Fsp3) is 0.929. The number of nitrogens with one attached hydrogen (secondary N) is 2. The van der Waals surface area contributed by atoms with Gasteiger partial charge in [-0.15, -0.1) is 0 Å². The zero-order valence-corrected chi connectivity index (χ0v) is 11.4. The lowest BCUT2D eigenvalue weighted by Crippen LogP contribution is -2.24. The monoisotopic (exact) mass is 240 g/mol. The molecule has 3 nitrogen and oxygen atoms in total. The van der Waals surface area contributed by atoms with Crippen LogP contribution in [0.5, 0.6) is 0 Å². The van der Waals surface area contributed by atoms with Crippen molar-refractivity contribution in [3.8, 4) is 0 Å². The Balaban J connectivity index is 1.91. The van der Waals surface area contributed by atoms with Crippen molar-refractivity contribution in [2.24, 2.45) is 11.8 Å². The average Bonchev–Trinajstić information content (AvgIpc) is 2.33. The lowest BCUT2D eigenvalue weighted by molar-refractivity contribution is -0.120. The molecule has 1 saturated carbocycles. The Hall–Kier alpha value is -0.570. The molecule has 0 aromatic rings. The van der Waals surface area contributed by atoms with Crippen molar-refractivity contribution < 1.29 is 4.79 Å². The van der Waals surface area contributed by atoms with Crippen LogP contribution in [0.2, 0.25) is 0 Å². The van der Waals surface area contributed by atoms with E-state index in [2.05, 4.69) is 17.6 Å². The molecule has 0 radical (unpaired) electrons. The molecule has 1 rings (SSSR count). The predicted molar refractivity (Wildman–Crippen MR) is 71.9 cm³/mol. The predicted octanol–water partition coefficient (Wildman–Crippen LogP) is 2.32. The summed E-state index contributed by atoms with van der Waals surface area (Å²) in [6.07, 6.45) is 8.58.